The quantitative estimate of drug-likeness (QED) is 0.834. The van der Waals surface area contributed by atoms with E-state index in [0.717, 1.165) is 30.0 Å². The minimum Gasteiger partial charge on any atom is -0.350 e. The number of nitrogens with one attached hydrogen (secondary N) is 1. The number of nitrogens with zero attached hydrogens (tertiary/aromatic N) is 1. The van der Waals surface area contributed by atoms with Crippen LogP contribution in [0.5, 0.6) is 0 Å². The van der Waals surface area contributed by atoms with Crippen LogP contribution in [-0.2, 0) is 6.54 Å². The molecular formula is C13H22N2O. The molecule has 0 aromatic carbocycles. The van der Waals surface area contributed by atoms with Crippen molar-refractivity contribution in [3.63, 3.8) is 0 Å². The standard InChI is InChI=1S/C13H22N2O/c1-6-15-11(5)7-10(4)12(15)13(16)14-8-9(2)3/h7,9H,6,8H2,1-5H3,(H,14,16). The van der Waals surface area contributed by atoms with Gasteiger partial charge in [-0.25, -0.2) is 0 Å². The van der Waals surface area contributed by atoms with Crippen molar-refractivity contribution in [2.24, 2.45) is 5.92 Å². The Morgan fingerprint density at radius 2 is 2.06 bits per heavy atom. The summed E-state index contributed by atoms with van der Waals surface area (Å²) in [5.74, 6) is 0.525. The maximum Gasteiger partial charge on any atom is 0.268 e. The van der Waals surface area contributed by atoms with E-state index < -0.39 is 0 Å². The van der Waals surface area contributed by atoms with E-state index in [1.165, 1.54) is 0 Å². The molecule has 1 amide bonds. The van der Waals surface area contributed by atoms with E-state index in [2.05, 4.69) is 36.7 Å². The first-order chi connectivity index (χ1) is 7.47. The van der Waals surface area contributed by atoms with Gasteiger partial charge < -0.3 is 9.88 Å². The van der Waals surface area contributed by atoms with Crippen LogP contribution in [0, 0.1) is 19.8 Å². The van der Waals surface area contributed by atoms with Crippen LogP contribution >= 0.6 is 0 Å². The highest BCUT2D eigenvalue weighted by atomic mass is 16.1. The van der Waals surface area contributed by atoms with Crippen molar-refractivity contribution in [1.82, 2.24) is 9.88 Å². The van der Waals surface area contributed by atoms with Gasteiger partial charge in [0, 0.05) is 18.8 Å². The molecule has 0 aliphatic rings. The van der Waals surface area contributed by atoms with Gasteiger partial charge in [0.15, 0.2) is 0 Å². The van der Waals surface area contributed by atoms with Crippen molar-refractivity contribution in [3.05, 3.63) is 23.0 Å². The summed E-state index contributed by atoms with van der Waals surface area (Å²) in [6, 6.07) is 2.06. The lowest BCUT2D eigenvalue weighted by Gasteiger charge is -2.11. The molecule has 1 N–H and O–H groups in total. The minimum absolute atomic E-state index is 0.0427. The SMILES string of the molecule is CCn1c(C)cc(C)c1C(=O)NCC(C)C. The van der Waals surface area contributed by atoms with E-state index in [1.807, 2.05) is 13.8 Å². The lowest BCUT2D eigenvalue weighted by atomic mass is 10.2. The topological polar surface area (TPSA) is 34.0 Å². The number of aromatic nitrogens is 1. The molecule has 0 radical (unpaired) electrons. The number of rotatable bonds is 4. The van der Waals surface area contributed by atoms with Gasteiger partial charge in [0.1, 0.15) is 5.69 Å². The average Bonchev–Trinajstić information content (AvgIpc) is 2.49. The lowest BCUT2D eigenvalue weighted by Crippen LogP contribution is -2.29. The number of hydrogen-bond donors (Lipinski definition) is 1. The Hall–Kier alpha value is -1.25. The molecule has 3 nitrogen and oxygen atoms in total. The predicted octanol–water partition coefficient (Wildman–Crippen LogP) is 2.51. The number of aryl methyl sites for hydroxylation is 2. The first-order valence-corrected chi connectivity index (χ1v) is 5.92. The largest absolute Gasteiger partial charge is 0.350 e. The van der Waals surface area contributed by atoms with Crippen LogP contribution in [0.1, 0.15) is 42.5 Å². The Bertz CT molecular complexity index is 378. The van der Waals surface area contributed by atoms with Gasteiger partial charge in [0.2, 0.25) is 0 Å². The molecule has 0 unspecified atom stereocenters. The van der Waals surface area contributed by atoms with E-state index in [0.29, 0.717) is 5.92 Å². The molecule has 90 valence electrons. The third kappa shape index (κ3) is 2.65. The van der Waals surface area contributed by atoms with Crippen LogP contribution in [-0.4, -0.2) is 17.0 Å². The summed E-state index contributed by atoms with van der Waals surface area (Å²) in [6.45, 7) is 11.8. The smallest absolute Gasteiger partial charge is 0.268 e. The molecule has 1 aromatic heterocycles. The van der Waals surface area contributed by atoms with E-state index in [-0.39, 0.29) is 5.91 Å². The Morgan fingerprint density at radius 3 is 2.56 bits per heavy atom. The van der Waals surface area contributed by atoms with Gasteiger partial charge in [-0.3, -0.25) is 4.79 Å². The first kappa shape index (κ1) is 12.8. The van der Waals surface area contributed by atoms with Crippen LogP contribution in [0.15, 0.2) is 6.07 Å². The second kappa shape index (κ2) is 5.19. The summed E-state index contributed by atoms with van der Waals surface area (Å²) in [5.41, 5.74) is 3.01. The van der Waals surface area contributed by atoms with Crippen molar-refractivity contribution < 1.29 is 4.79 Å². The second-order valence-corrected chi connectivity index (χ2v) is 4.67. The van der Waals surface area contributed by atoms with E-state index in [1.54, 1.807) is 0 Å². The fraction of sp³-hybridized carbons (Fsp3) is 0.615. The van der Waals surface area contributed by atoms with E-state index >= 15 is 0 Å². The zero-order chi connectivity index (χ0) is 12.3. The Labute approximate surface area is 97.8 Å². The Kier molecular flexibility index (Phi) is 4.16. The van der Waals surface area contributed by atoms with Crippen molar-refractivity contribution in [2.45, 2.75) is 41.2 Å². The Balaban J connectivity index is 2.90. The Morgan fingerprint density at radius 1 is 1.44 bits per heavy atom. The number of amides is 1. The van der Waals surface area contributed by atoms with Crippen molar-refractivity contribution >= 4 is 5.91 Å². The molecule has 0 fully saturated rings. The van der Waals surface area contributed by atoms with Gasteiger partial charge in [-0.05, 0) is 38.3 Å². The number of carbonyl (C=O) groups excluding carboxylic acids is 1. The van der Waals surface area contributed by atoms with Gasteiger partial charge in [-0.1, -0.05) is 13.8 Å². The zero-order valence-electron chi connectivity index (χ0n) is 10.9. The molecule has 0 aliphatic heterocycles. The average molecular weight is 222 g/mol. The van der Waals surface area contributed by atoms with E-state index in [4.69, 9.17) is 0 Å². The minimum atomic E-state index is 0.0427. The maximum absolute atomic E-state index is 12.0. The molecule has 1 aromatic rings. The van der Waals surface area contributed by atoms with Crippen LogP contribution < -0.4 is 5.32 Å². The summed E-state index contributed by atoms with van der Waals surface area (Å²) < 4.78 is 2.06. The molecule has 0 saturated heterocycles. The summed E-state index contributed by atoms with van der Waals surface area (Å²) >= 11 is 0. The van der Waals surface area contributed by atoms with Crippen molar-refractivity contribution in [3.8, 4) is 0 Å². The third-order valence-electron chi connectivity index (χ3n) is 2.70. The highest BCUT2D eigenvalue weighted by Crippen LogP contribution is 2.14. The van der Waals surface area contributed by atoms with Gasteiger partial charge >= 0.3 is 0 Å². The summed E-state index contributed by atoms with van der Waals surface area (Å²) in [5, 5.41) is 2.97. The summed E-state index contributed by atoms with van der Waals surface area (Å²) in [4.78, 5) is 12.0. The predicted molar refractivity (Wildman–Crippen MR) is 66.8 cm³/mol. The third-order valence-corrected chi connectivity index (χ3v) is 2.70. The molecule has 0 atom stereocenters. The maximum atomic E-state index is 12.0. The molecule has 0 saturated carbocycles. The van der Waals surface area contributed by atoms with Gasteiger partial charge in [-0.2, -0.15) is 0 Å². The fourth-order valence-electron chi connectivity index (χ4n) is 1.94. The lowest BCUT2D eigenvalue weighted by molar-refractivity contribution is 0.0939. The van der Waals surface area contributed by atoms with Gasteiger partial charge in [0.05, 0.1) is 0 Å². The summed E-state index contributed by atoms with van der Waals surface area (Å²) in [7, 11) is 0. The molecule has 0 bridgehead atoms. The van der Waals surface area contributed by atoms with Crippen molar-refractivity contribution in [1.29, 1.82) is 0 Å². The highest BCUT2D eigenvalue weighted by Gasteiger charge is 2.15. The fourth-order valence-corrected chi connectivity index (χ4v) is 1.94. The van der Waals surface area contributed by atoms with Gasteiger partial charge in [0.25, 0.3) is 5.91 Å². The summed E-state index contributed by atoms with van der Waals surface area (Å²) in [6.07, 6.45) is 0. The van der Waals surface area contributed by atoms with Crippen LogP contribution in [0.25, 0.3) is 0 Å². The van der Waals surface area contributed by atoms with Gasteiger partial charge in [-0.15, -0.1) is 0 Å². The molecule has 0 spiro atoms. The second-order valence-electron chi connectivity index (χ2n) is 4.67. The van der Waals surface area contributed by atoms with Crippen LogP contribution in [0.4, 0.5) is 0 Å². The molecule has 1 rings (SSSR count). The molecule has 0 aliphatic carbocycles. The molecule has 3 heteroatoms. The molecule has 1 heterocycles. The monoisotopic (exact) mass is 222 g/mol. The first-order valence-electron chi connectivity index (χ1n) is 5.92. The highest BCUT2D eigenvalue weighted by molar-refractivity contribution is 5.94. The van der Waals surface area contributed by atoms with Crippen LogP contribution in [0.2, 0.25) is 0 Å². The number of carbonyl (C=O) groups is 1. The van der Waals surface area contributed by atoms with E-state index in [9.17, 15) is 4.79 Å². The van der Waals surface area contributed by atoms with Crippen molar-refractivity contribution in [2.75, 3.05) is 6.54 Å². The number of hydrogen-bond acceptors (Lipinski definition) is 1. The molecule has 16 heavy (non-hydrogen) atoms. The normalized spacial score (nSPS) is 10.9. The molecular weight excluding hydrogens is 200 g/mol. The van der Waals surface area contributed by atoms with Crippen LogP contribution in [0.3, 0.4) is 0 Å². The zero-order valence-corrected chi connectivity index (χ0v) is 10.9.